The van der Waals surface area contributed by atoms with Crippen molar-refractivity contribution in [2.45, 2.75) is 53.4 Å². The van der Waals surface area contributed by atoms with Crippen molar-refractivity contribution in [3.8, 4) is 0 Å². The highest BCUT2D eigenvalue weighted by Crippen LogP contribution is 2.49. The molecule has 146 valence electrons. The lowest BCUT2D eigenvalue weighted by Crippen LogP contribution is -2.23. The predicted octanol–water partition coefficient (Wildman–Crippen LogP) is 8.39. The van der Waals surface area contributed by atoms with Crippen molar-refractivity contribution >= 4 is 17.4 Å². The molecule has 1 atom stereocenters. The lowest BCUT2D eigenvalue weighted by atomic mass is 9.67. The summed E-state index contributed by atoms with van der Waals surface area (Å²) in [5.74, 6) is 0.235. The van der Waals surface area contributed by atoms with Crippen molar-refractivity contribution in [1.82, 2.24) is 0 Å². The molecule has 1 heterocycles. The van der Waals surface area contributed by atoms with E-state index in [1.54, 1.807) is 11.3 Å². The van der Waals surface area contributed by atoms with E-state index in [9.17, 15) is 0 Å². The van der Waals surface area contributed by atoms with E-state index in [-0.39, 0.29) is 11.3 Å². The van der Waals surface area contributed by atoms with Gasteiger partial charge in [-0.1, -0.05) is 68.5 Å². The third-order valence-corrected chi connectivity index (χ3v) is 6.55. The topological polar surface area (TPSA) is 0 Å². The Morgan fingerprint density at radius 2 is 1.79 bits per heavy atom. The normalized spacial score (nSPS) is 18.0. The average molecular weight is 389 g/mol. The molecule has 0 saturated heterocycles. The molecule has 0 radical (unpaired) electrons. The summed E-state index contributed by atoms with van der Waals surface area (Å²) in [5, 5.41) is 4.50. The highest BCUT2D eigenvalue weighted by molar-refractivity contribution is 7.08. The van der Waals surface area contributed by atoms with Crippen LogP contribution in [0.4, 0.5) is 0 Å². The largest absolute Gasteiger partial charge is 0.152 e. The Balaban J connectivity index is 2.31. The molecule has 0 bridgehead atoms. The molecule has 0 fully saturated rings. The van der Waals surface area contributed by atoms with E-state index in [4.69, 9.17) is 0 Å². The summed E-state index contributed by atoms with van der Waals surface area (Å²) in [6, 6.07) is 6.78. The number of allylic oxidation sites excluding steroid dienone is 5. The van der Waals surface area contributed by atoms with Crippen LogP contribution in [0.2, 0.25) is 0 Å². The second kappa shape index (κ2) is 8.09. The molecule has 0 N–H and O–H groups in total. The van der Waals surface area contributed by atoms with Crippen LogP contribution in [0, 0.1) is 19.3 Å². The van der Waals surface area contributed by atoms with Gasteiger partial charge in [0.15, 0.2) is 0 Å². The number of thiophene rings is 1. The first-order valence-electron chi connectivity index (χ1n) is 10.0. The predicted molar refractivity (Wildman–Crippen MR) is 126 cm³/mol. The maximum Gasteiger partial charge on any atom is 0.0358 e. The van der Waals surface area contributed by atoms with Gasteiger partial charge >= 0.3 is 0 Å². The Kier molecular flexibility index (Phi) is 5.95. The molecule has 1 unspecified atom stereocenters. The molecule has 1 aliphatic carbocycles. The van der Waals surface area contributed by atoms with Crippen LogP contribution in [0.15, 0.2) is 71.0 Å². The molecule has 0 spiro atoms. The number of benzene rings is 1. The first-order valence-corrected chi connectivity index (χ1v) is 11.0. The van der Waals surface area contributed by atoms with Gasteiger partial charge in [-0.05, 0) is 89.2 Å². The molecule has 1 aromatic carbocycles. The zero-order valence-corrected chi connectivity index (χ0v) is 18.7. The fourth-order valence-corrected chi connectivity index (χ4v) is 5.53. The van der Waals surface area contributed by atoms with Crippen molar-refractivity contribution in [2.24, 2.45) is 5.41 Å². The standard InChI is InChI=1S/C27H32S/c1-8-9-10-23-18(2)11-12-19(3)25(23)26(22-13-14-28-17-22)24-20(4)15-27(6,7)16-21(24)5/h8-14,17,26H,1,4,15-16H2,2-3,5-7H3/b10-9-. The molecule has 0 amide bonds. The monoisotopic (exact) mass is 388 g/mol. The van der Waals surface area contributed by atoms with Gasteiger partial charge in [0.25, 0.3) is 0 Å². The van der Waals surface area contributed by atoms with Gasteiger partial charge in [-0.2, -0.15) is 11.3 Å². The van der Waals surface area contributed by atoms with Crippen LogP contribution in [-0.2, 0) is 0 Å². The maximum atomic E-state index is 4.55. The minimum atomic E-state index is 0.235. The summed E-state index contributed by atoms with van der Waals surface area (Å²) in [6.07, 6.45) is 8.32. The van der Waals surface area contributed by atoms with Gasteiger partial charge in [0.1, 0.15) is 0 Å². The van der Waals surface area contributed by atoms with Crippen LogP contribution in [0.3, 0.4) is 0 Å². The molecule has 2 aromatic rings. The summed E-state index contributed by atoms with van der Waals surface area (Å²) in [7, 11) is 0. The number of hydrogen-bond acceptors (Lipinski definition) is 1. The van der Waals surface area contributed by atoms with E-state index >= 15 is 0 Å². The fraction of sp³-hybridized carbons (Fsp3) is 0.333. The molecule has 3 rings (SSSR count). The highest BCUT2D eigenvalue weighted by Gasteiger charge is 2.34. The summed E-state index contributed by atoms with van der Waals surface area (Å²) in [6.45, 7) is 19.9. The number of rotatable bonds is 5. The summed E-state index contributed by atoms with van der Waals surface area (Å²) < 4.78 is 0. The second-order valence-electron chi connectivity index (χ2n) is 8.93. The minimum absolute atomic E-state index is 0.235. The maximum absolute atomic E-state index is 4.55. The Morgan fingerprint density at radius 3 is 2.39 bits per heavy atom. The van der Waals surface area contributed by atoms with Gasteiger partial charge in [-0.15, -0.1) is 0 Å². The summed E-state index contributed by atoms with van der Waals surface area (Å²) in [5.41, 5.74) is 11.3. The van der Waals surface area contributed by atoms with Crippen LogP contribution in [0.25, 0.3) is 6.08 Å². The van der Waals surface area contributed by atoms with Crippen molar-refractivity contribution in [2.75, 3.05) is 0 Å². The Morgan fingerprint density at radius 1 is 1.07 bits per heavy atom. The van der Waals surface area contributed by atoms with Gasteiger partial charge in [0.05, 0.1) is 0 Å². The third kappa shape index (κ3) is 4.00. The quantitative estimate of drug-likeness (QED) is 0.451. The van der Waals surface area contributed by atoms with E-state index in [0.717, 1.165) is 12.8 Å². The first kappa shape index (κ1) is 20.6. The van der Waals surface area contributed by atoms with Gasteiger partial charge in [-0.25, -0.2) is 0 Å². The Bertz CT molecular complexity index is 948. The smallest absolute Gasteiger partial charge is 0.0358 e. The molecular formula is C27H32S. The number of hydrogen-bond donors (Lipinski definition) is 0. The van der Waals surface area contributed by atoms with Crippen LogP contribution >= 0.6 is 11.3 Å². The summed E-state index contributed by atoms with van der Waals surface area (Å²) in [4.78, 5) is 0. The third-order valence-electron chi connectivity index (χ3n) is 5.85. The van der Waals surface area contributed by atoms with E-state index in [1.807, 2.05) is 6.08 Å². The number of aryl methyl sites for hydroxylation is 2. The molecule has 0 nitrogen and oxygen atoms in total. The van der Waals surface area contributed by atoms with Crippen LogP contribution in [0.1, 0.15) is 67.3 Å². The average Bonchev–Trinajstić information content (AvgIpc) is 3.12. The van der Waals surface area contributed by atoms with E-state index in [2.05, 4.69) is 88.9 Å². The molecule has 1 heteroatoms. The fourth-order valence-electron chi connectivity index (χ4n) is 4.84. The van der Waals surface area contributed by atoms with Crippen LogP contribution < -0.4 is 0 Å². The van der Waals surface area contributed by atoms with E-state index in [0.29, 0.717) is 0 Å². The van der Waals surface area contributed by atoms with Crippen molar-refractivity contribution in [3.63, 3.8) is 0 Å². The van der Waals surface area contributed by atoms with E-state index in [1.165, 1.54) is 44.5 Å². The molecule has 28 heavy (non-hydrogen) atoms. The van der Waals surface area contributed by atoms with Gasteiger partial charge in [0, 0.05) is 5.92 Å². The van der Waals surface area contributed by atoms with Crippen molar-refractivity contribution < 1.29 is 0 Å². The molecule has 1 aromatic heterocycles. The van der Waals surface area contributed by atoms with Gasteiger partial charge in [0.2, 0.25) is 0 Å². The van der Waals surface area contributed by atoms with Gasteiger partial charge in [-0.3, -0.25) is 0 Å². The van der Waals surface area contributed by atoms with Crippen LogP contribution in [-0.4, -0.2) is 0 Å². The van der Waals surface area contributed by atoms with Gasteiger partial charge < -0.3 is 0 Å². The minimum Gasteiger partial charge on any atom is -0.152 e. The van der Waals surface area contributed by atoms with Crippen molar-refractivity contribution in [3.05, 3.63) is 98.8 Å². The summed E-state index contributed by atoms with van der Waals surface area (Å²) >= 11 is 1.78. The zero-order chi connectivity index (χ0) is 20.5. The second-order valence-corrected chi connectivity index (χ2v) is 9.71. The lowest BCUT2D eigenvalue weighted by Gasteiger charge is -2.38. The van der Waals surface area contributed by atoms with E-state index < -0.39 is 0 Å². The lowest BCUT2D eigenvalue weighted by molar-refractivity contribution is 0.345. The SMILES string of the molecule is C=C/C=C\c1c(C)ccc(C)c1C(C1=C(C)CC(C)(C)CC1=C)c1ccsc1. The Hall–Kier alpha value is -2.12. The Labute approximate surface area is 175 Å². The highest BCUT2D eigenvalue weighted by atomic mass is 32.1. The van der Waals surface area contributed by atoms with Crippen LogP contribution in [0.5, 0.6) is 0 Å². The first-order chi connectivity index (χ1) is 13.2. The molecular weight excluding hydrogens is 356 g/mol. The molecule has 0 saturated carbocycles. The zero-order valence-electron chi connectivity index (χ0n) is 17.9. The molecule has 1 aliphatic rings. The molecule has 0 aliphatic heterocycles. The van der Waals surface area contributed by atoms with Crippen molar-refractivity contribution in [1.29, 1.82) is 0 Å².